The third-order valence-electron chi connectivity index (χ3n) is 4.34. The lowest BCUT2D eigenvalue weighted by Gasteiger charge is -2.24. The molecule has 2 aromatic rings. The molecule has 27 heavy (non-hydrogen) atoms. The van der Waals surface area contributed by atoms with Gasteiger partial charge in [-0.1, -0.05) is 34.8 Å². The van der Waals surface area contributed by atoms with Gasteiger partial charge < -0.3 is 10.2 Å². The molecule has 8 heteroatoms. The molecule has 1 aliphatic rings. The van der Waals surface area contributed by atoms with Crippen molar-refractivity contribution in [2.75, 3.05) is 11.9 Å². The zero-order valence-corrected chi connectivity index (χ0v) is 16.3. The maximum Gasteiger partial charge on any atom is 0.254 e. The number of nitrogens with zero attached hydrogens (tertiary/aromatic N) is 2. The molecular weight excluding hydrogens is 409 g/mol. The number of hydrogen-bond donors (Lipinski definition) is 1. The number of benzene rings is 2. The molecule has 0 saturated carbocycles. The molecule has 138 valence electrons. The molecule has 1 fully saturated rings. The van der Waals surface area contributed by atoms with Gasteiger partial charge >= 0.3 is 0 Å². The van der Waals surface area contributed by atoms with Crippen LogP contribution in [-0.4, -0.2) is 29.3 Å². The van der Waals surface area contributed by atoms with Crippen molar-refractivity contribution in [1.82, 2.24) is 4.90 Å². The fourth-order valence-corrected chi connectivity index (χ4v) is 3.51. The Labute approximate surface area is 171 Å². The SMILES string of the molecule is N#Cc1ccc(NC(=O)C2CCCN2C(=O)c2ccc(Cl)c(Cl)c2)cc1Cl. The van der Waals surface area contributed by atoms with Crippen LogP contribution in [0.4, 0.5) is 5.69 Å². The second-order valence-corrected chi connectivity index (χ2v) is 7.30. The molecule has 1 unspecified atom stereocenters. The van der Waals surface area contributed by atoms with E-state index in [9.17, 15) is 9.59 Å². The van der Waals surface area contributed by atoms with Crippen molar-refractivity contribution >= 4 is 52.3 Å². The van der Waals surface area contributed by atoms with Gasteiger partial charge in [-0.25, -0.2) is 0 Å². The van der Waals surface area contributed by atoms with Crippen molar-refractivity contribution in [3.05, 3.63) is 62.6 Å². The van der Waals surface area contributed by atoms with Crippen LogP contribution in [0.5, 0.6) is 0 Å². The molecule has 2 amide bonds. The van der Waals surface area contributed by atoms with Gasteiger partial charge in [0.2, 0.25) is 5.91 Å². The molecule has 2 aromatic carbocycles. The van der Waals surface area contributed by atoms with Crippen LogP contribution in [0.25, 0.3) is 0 Å². The quantitative estimate of drug-likeness (QED) is 0.775. The summed E-state index contributed by atoms with van der Waals surface area (Å²) in [5.74, 6) is -0.578. The zero-order chi connectivity index (χ0) is 19.6. The molecule has 1 heterocycles. The Morgan fingerprint density at radius 1 is 1.07 bits per heavy atom. The topological polar surface area (TPSA) is 73.2 Å². The summed E-state index contributed by atoms with van der Waals surface area (Å²) in [6, 6.07) is 10.7. The highest BCUT2D eigenvalue weighted by Gasteiger charge is 2.34. The number of anilines is 1. The molecule has 1 saturated heterocycles. The molecule has 1 N–H and O–H groups in total. The molecule has 1 aliphatic heterocycles. The van der Waals surface area contributed by atoms with E-state index in [1.807, 2.05) is 6.07 Å². The minimum Gasteiger partial charge on any atom is -0.327 e. The van der Waals surface area contributed by atoms with Gasteiger partial charge in [0.15, 0.2) is 0 Å². The fourth-order valence-electron chi connectivity index (χ4n) is 2.99. The number of hydrogen-bond acceptors (Lipinski definition) is 3. The monoisotopic (exact) mass is 421 g/mol. The van der Waals surface area contributed by atoms with Crippen LogP contribution in [0.1, 0.15) is 28.8 Å². The molecule has 5 nitrogen and oxygen atoms in total. The Balaban J connectivity index is 1.76. The summed E-state index contributed by atoms with van der Waals surface area (Å²) in [5, 5.41) is 12.6. The van der Waals surface area contributed by atoms with E-state index in [0.29, 0.717) is 34.8 Å². The molecule has 0 radical (unpaired) electrons. The number of nitriles is 1. The normalized spacial score (nSPS) is 16.1. The number of amides is 2. The summed E-state index contributed by atoms with van der Waals surface area (Å²) in [6.07, 6.45) is 1.28. The first-order chi connectivity index (χ1) is 12.9. The standard InChI is InChI=1S/C19H14Cl3N3O2/c20-14-6-4-11(8-16(14)22)19(27)25-7-1-2-17(25)18(26)24-13-5-3-12(10-23)15(21)9-13/h3-6,8-9,17H,1-2,7H2,(H,24,26). The lowest BCUT2D eigenvalue weighted by molar-refractivity contribution is -0.119. The van der Waals surface area contributed by atoms with E-state index in [1.165, 1.54) is 23.1 Å². The van der Waals surface area contributed by atoms with Gasteiger partial charge in [-0.3, -0.25) is 9.59 Å². The maximum absolute atomic E-state index is 12.8. The lowest BCUT2D eigenvalue weighted by Crippen LogP contribution is -2.43. The van der Waals surface area contributed by atoms with Gasteiger partial charge in [-0.05, 0) is 49.2 Å². The minimum absolute atomic E-state index is 0.255. The largest absolute Gasteiger partial charge is 0.327 e. The first-order valence-electron chi connectivity index (χ1n) is 8.17. The van der Waals surface area contributed by atoms with E-state index in [-0.39, 0.29) is 21.9 Å². The number of halogens is 3. The highest BCUT2D eigenvalue weighted by molar-refractivity contribution is 6.42. The van der Waals surface area contributed by atoms with E-state index in [1.54, 1.807) is 18.2 Å². The maximum atomic E-state index is 12.8. The first kappa shape index (κ1) is 19.5. The fraction of sp³-hybridized carbons (Fsp3) is 0.211. The van der Waals surface area contributed by atoms with E-state index in [4.69, 9.17) is 40.1 Å². The smallest absolute Gasteiger partial charge is 0.254 e. The number of nitrogens with one attached hydrogen (secondary N) is 1. The van der Waals surface area contributed by atoms with Crippen LogP contribution in [0.3, 0.4) is 0 Å². The summed E-state index contributed by atoms with van der Waals surface area (Å²) in [6.45, 7) is 0.477. The average Bonchev–Trinajstić information content (AvgIpc) is 3.13. The number of rotatable bonds is 3. The summed E-state index contributed by atoms with van der Waals surface area (Å²) >= 11 is 17.9. The third-order valence-corrected chi connectivity index (χ3v) is 5.39. The molecule has 0 aliphatic carbocycles. The Morgan fingerprint density at radius 3 is 2.52 bits per heavy atom. The van der Waals surface area contributed by atoms with E-state index in [0.717, 1.165) is 6.42 Å². The zero-order valence-electron chi connectivity index (χ0n) is 14.0. The van der Waals surface area contributed by atoms with Crippen molar-refractivity contribution < 1.29 is 9.59 Å². The van der Waals surface area contributed by atoms with Crippen LogP contribution in [0.2, 0.25) is 15.1 Å². The van der Waals surface area contributed by atoms with Crippen LogP contribution >= 0.6 is 34.8 Å². The number of carbonyl (C=O) groups is 2. The molecule has 0 aromatic heterocycles. The summed E-state index contributed by atoms with van der Waals surface area (Å²) in [4.78, 5) is 27.0. The van der Waals surface area contributed by atoms with Gasteiger partial charge in [0.25, 0.3) is 5.91 Å². The van der Waals surface area contributed by atoms with Crippen molar-refractivity contribution in [3.8, 4) is 6.07 Å². The van der Waals surface area contributed by atoms with Crippen LogP contribution in [-0.2, 0) is 4.79 Å². The van der Waals surface area contributed by atoms with Gasteiger partial charge in [0, 0.05) is 17.8 Å². The minimum atomic E-state index is -0.596. The van der Waals surface area contributed by atoms with Crippen molar-refractivity contribution in [3.63, 3.8) is 0 Å². The van der Waals surface area contributed by atoms with E-state index < -0.39 is 6.04 Å². The molecular formula is C19H14Cl3N3O2. The number of likely N-dealkylation sites (tertiary alicyclic amines) is 1. The van der Waals surface area contributed by atoms with E-state index >= 15 is 0 Å². The Kier molecular flexibility index (Phi) is 5.91. The van der Waals surface area contributed by atoms with Crippen molar-refractivity contribution in [1.29, 1.82) is 5.26 Å². The Bertz CT molecular complexity index is 956. The average molecular weight is 423 g/mol. The lowest BCUT2D eigenvalue weighted by atomic mass is 10.1. The first-order valence-corrected chi connectivity index (χ1v) is 9.30. The highest BCUT2D eigenvalue weighted by Crippen LogP contribution is 2.27. The summed E-state index contributed by atoms with van der Waals surface area (Å²) in [5.41, 5.74) is 1.18. The molecule has 1 atom stereocenters. The second kappa shape index (κ2) is 8.18. The molecule has 0 bridgehead atoms. The van der Waals surface area contributed by atoms with Crippen LogP contribution < -0.4 is 5.32 Å². The predicted molar refractivity (Wildman–Crippen MR) is 105 cm³/mol. The van der Waals surface area contributed by atoms with Crippen molar-refractivity contribution in [2.24, 2.45) is 0 Å². The Morgan fingerprint density at radius 2 is 1.85 bits per heavy atom. The summed E-state index contributed by atoms with van der Waals surface area (Å²) in [7, 11) is 0. The molecule has 3 rings (SSSR count). The van der Waals surface area contributed by atoms with Crippen LogP contribution in [0, 0.1) is 11.3 Å². The highest BCUT2D eigenvalue weighted by atomic mass is 35.5. The third kappa shape index (κ3) is 4.19. The van der Waals surface area contributed by atoms with Crippen molar-refractivity contribution in [2.45, 2.75) is 18.9 Å². The van der Waals surface area contributed by atoms with Gasteiger partial charge in [-0.2, -0.15) is 5.26 Å². The Hall–Kier alpha value is -2.26. The second-order valence-electron chi connectivity index (χ2n) is 6.08. The van der Waals surface area contributed by atoms with Crippen LogP contribution in [0.15, 0.2) is 36.4 Å². The van der Waals surface area contributed by atoms with Gasteiger partial charge in [0.05, 0.1) is 20.6 Å². The summed E-state index contributed by atoms with van der Waals surface area (Å²) < 4.78 is 0. The predicted octanol–water partition coefficient (Wildman–Crippen LogP) is 4.76. The number of carbonyl (C=O) groups excluding carboxylic acids is 2. The van der Waals surface area contributed by atoms with E-state index in [2.05, 4.69) is 5.32 Å². The van der Waals surface area contributed by atoms with Gasteiger partial charge in [0.1, 0.15) is 12.1 Å². The van der Waals surface area contributed by atoms with Gasteiger partial charge in [-0.15, -0.1) is 0 Å². The molecule has 0 spiro atoms.